The molecule has 2 bridgehead atoms. The number of ether oxygens (including phenoxy) is 2. The molecule has 244 valence electrons. The molecule has 1 aliphatic heterocycles. The second kappa shape index (κ2) is 12.3. The van der Waals surface area contributed by atoms with Crippen molar-refractivity contribution in [1.29, 1.82) is 0 Å². The summed E-state index contributed by atoms with van der Waals surface area (Å²) >= 11 is 0. The van der Waals surface area contributed by atoms with Gasteiger partial charge in [-0.05, 0) is 86.0 Å². The molecule has 2 N–H and O–H groups in total. The molecule has 3 aromatic rings. The third-order valence-electron chi connectivity index (χ3n) is 10.3. The quantitative estimate of drug-likeness (QED) is 0.302. The number of carbonyl (C=O) groups is 1. The number of piperidine rings is 1. The monoisotopic (exact) mass is 636 g/mol. The van der Waals surface area contributed by atoms with Gasteiger partial charge in [0.05, 0.1) is 12.7 Å². The summed E-state index contributed by atoms with van der Waals surface area (Å²) in [6, 6.07) is 19.0. The number of phenolic OH excluding ortho intramolecular Hbond substituents is 1. The van der Waals surface area contributed by atoms with E-state index in [2.05, 4.69) is 21.8 Å². The largest absolute Gasteiger partial charge is 0.573 e. The molecule has 7 nitrogen and oxygen atoms in total. The Balaban J connectivity index is 1.27. The van der Waals surface area contributed by atoms with E-state index in [1.807, 2.05) is 24.3 Å². The minimum Gasteiger partial charge on any atom is -0.504 e. The number of benzene rings is 3. The van der Waals surface area contributed by atoms with Crippen molar-refractivity contribution in [3.05, 3.63) is 95.1 Å². The molecule has 1 saturated heterocycles. The van der Waals surface area contributed by atoms with E-state index in [9.17, 15) is 28.2 Å². The zero-order chi connectivity index (χ0) is 32.7. The predicted octanol–water partition coefficient (Wildman–Crippen LogP) is 5.87. The summed E-state index contributed by atoms with van der Waals surface area (Å²) < 4.78 is 47.8. The van der Waals surface area contributed by atoms with Gasteiger partial charge in [0.1, 0.15) is 5.75 Å². The lowest BCUT2D eigenvalue weighted by atomic mass is 9.48. The number of hydrogen-bond donors (Lipinski definition) is 2. The number of amides is 1. The fraction of sp³-hybridized carbons (Fsp3) is 0.417. The van der Waals surface area contributed by atoms with Crippen molar-refractivity contribution in [3.8, 4) is 17.2 Å². The first kappa shape index (κ1) is 31.9. The lowest BCUT2D eigenvalue weighted by molar-refractivity contribution is -0.274. The van der Waals surface area contributed by atoms with Gasteiger partial charge in [-0.2, -0.15) is 0 Å². The third-order valence-corrected chi connectivity index (χ3v) is 10.3. The number of methoxy groups -OCH3 is 1. The molecule has 3 aromatic carbocycles. The van der Waals surface area contributed by atoms with Gasteiger partial charge in [-0.3, -0.25) is 9.69 Å². The molecule has 0 unspecified atom stereocenters. The molecule has 1 heterocycles. The van der Waals surface area contributed by atoms with Gasteiger partial charge < -0.3 is 24.6 Å². The van der Waals surface area contributed by atoms with Crippen LogP contribution in [0.2, 0.25) is 0 Å². The number of nitrogens with zero attached hydrogens (tertiary/aromatic N) is 2. The highest BCUT2D eigenvalue weighted by Crippen LogP contribution is 2.61. The summed E-state index contributed by atoms with van der Waals surface area (Å²) in [5.41, 5.74) is 1.63. The molecule has 0 spiro atoms. The number of fused-ring (bicyclic) bond motifs is 1. The van der Waals surface area contributed by atoms with Crippen LogP contribution in [0.4, 0.5) is 13.2 Å². The van der Waals surface area contributed by atoms with Crippen molar-refractivity contribution in [2.24, 2.45) is 0 Å². The van der Waals surface area contributed by atoms with Crippen LogP contribution in [0.3, 0.4) is 0 Å². The molecule has 1 amide bonds. The zero-order valence-corrected chi connectivity index (χ0v) is 26.0. The summed E-state index contributed by atoms with van der Waals surface area (Å²) in [7, 11) is 3.25. The summed E-state index contributed by atoms with van der Waals surface area (Å²) in [6.45, 7) is 1.55. The molecule has 1 saturated carbocycles. The Morgan fingerprint density at radius 3 is 2.63 bits per heavy atom. The minimum atomic E-state index is -4.81. The van der Waals surface area contributed by atoms with E-state index < -0.39 is 17.4 Å². The average Bonchev–Trinajstić information content (AvgIpc) is 3.02. The Morgan fingerprint density at radius 1 is 1.11 bits per heavy atom. The maximum atomic E-state index is 13.4. The molecule has 2 aliphatic carbocycles. The summed E-state index contributed by atoms with van der Waals surface area (Å²) in [6.07, 6.45) is 1.63. The van der Waals surface area contributed by atoms with Crippen LogP contribution in [0.15, 0.2) is 72.8 Å². The first-order valence-corrected chi connectivity index (χ1v) is 15.6. The van der Waals surface area contributed by atoms with Crippen LogP contribution in [0.5, 0.6) is 17.2 Å². The maximum absolute atomic E-state index is 13.4. The normalized spacial score (nSPS) is 25.9. The molecule has 0 aromatic heterocycles. The van der Waals surface area contributed by atoms with Crippen LogP contribution >= 0.6 is 0 Å². The second-order valence-electron chi connectivity index (χ2n) is 12.7. The number of alkyl halides is 3. The smallest absolute Gasteiger partial charge is 0.504 e. The lowest BCUT2D eigenvalue weighted by Gasteiger charge is -2.65. The van der Waals surface area contributed by atoms with Gasteiger partial charge in [0.2, 0.25) is 5.91 Å². The number of halogens is 3. The Bertz CT molecular complexity index is 1610. The van der Waals surface area contributed by atoms with Crippen LogP contribution in [0.1, 0.15) is 47.9 Å². The fourth-order valence-corrected chi connectivity index (χ4v) is 8.16. The van der Waals surface area contributed by atoms with Crippen LogP contribution < -0.4 is 9.47 Å². The number of hydrogen-bond acceptors (Lipinski definition) is 6. The highest BCUT2D eigenvalue weighted by Gasteiger charge is 2.66. The van der Waals surface area contributed by atoms with E-state index >= 15 is 0 Å². The second-order valence-corrected chi connectivity index (χ2v) is 12.7. The molecule has 3 aliphatic rings. The van der Waals surface area contributed by atoms with Crippen molar-refractivity contribution in [2.45, 2.75) is 68.0 Å². The van der Waals surface area contributed by atoms with Crippen LogP contribution in [0, 0.1) is 0 Å². The van der Waals surface area contributed by atoms with Gasteiger partial charge in [-0.1, -0.05) is 48.5 Å². The average molecular weight is 637 g/mol. The predicted molar refractivity (Wildman–Crippen MR) is 168 cm³/mol. The zero-order valence-electron chi connectivity index (χ0n) is 26.0. The molecule has 10 heteroatoms. The van der Waals surface area contributed by atoms with Crippen molar-refractivity contribution in [3.63, 3.8) is 0 Å². The van der Waals surface area contributed by atoms with Crippen molar-refractivity contribution in [1.82, 2.24) is 9.80 Å². The number of aromatic hydroxyl groups is 1. The van der Waals surface area contributed by atoms with Crippen molar-refractivity contribution in [2.75, 3.05) is 27.2 Å². The van der Waals surface area contributed by atoms with E-state index in [0.717, 1.165) is 30.6 Å². The van der Waals surface area contributed by atoms with Gasteiger partial charge >= 0.3 is 6.36 Å². The van der Waals surface area contributed by atoms with Crippen molar-refractivity contribution >= 4 is 12.0 Å². The van der Waals surface area contributed by atoms with E-state index in [0.29, 0.717) is 43.4 Å². The molecule has 2 fully saturated rings. The van der Waals surface area contributed by atoms with Crippen LogP contribution in [0.25, 0.3) is 6.08 Å². The van der Waals surface area contributed by atoms with Crippen LogP contribution in [-0.2, 0) is 23.1 Å². The Morgan fingerprint density at radius 2 is 1.89 bits per heavy atom. The third kappa shape index (κ3) is 5.84. The van der Waals surface area contributed by atoms with Gasteiger partial charge in [0.15, 0.2) is 11.5 Å². The number of rotatable bonds is 8. The van der Waals surface area contributed by atoms with Crippen LogP contribution in [-0.4, -0.2) is 77.2 Å². The highest BCUT2D eigenvalue weighted by atomic mass is 19.4. The number of carbonyl (C=O) groups excluding carboxylic acids is 1. The Labute approximate surface area is 266 Å². The summed E-state index contributed by atoms with van der Waals surface area (Å²) in [5, 5.41) is 23.7. The SMILES string of the molecule is COc1c(O)ccc2c1[C@]13CCN(CCc4ccccc4)[C@H](C2)[C@]1(O)CC[C@H](N(C)C(=O)C=Cc1cccc(OC(F)(F)F)c1)C3. The lowest BCUT2D eigenvalue weighted by Crippen LogP contribution is -2.74. The highest BCUT2D eigenvalue weighted by molar-refractivity contribution is 5.92. The first-order valence-electron chi connectivity index (χ1n) is 15.6. The molecular weight excluding hydrogens is 597 g/mol. The standard InChI is InChI=1S/C36H39F3N2O5/c1-40(31(43)14-11-25-9-6-10-28(21-25)46-36(37,38)39)27-15-17-35(44)30-22-26-12-13-29(42)33(45-2)32(26)34(35,23-27)18-20-41(30)19-16-24-7-4-3-5-8-24/h3-14,21,27,30,42,44H,15-20,22-23H2,1-2H3/t27-,30+,34+,35+/m0/s1. The molecule has 6 rings (SSSR count). The number of likely N-dealkylation sites (N-methyl/N-ethyl adjacent to an activating group) is 1. The van der Waals surface area contributed by atoms with Gasteiger partial charge in [-0.15, -0.1) is 13.2 Å². The van der Waals surface area contributed by atoms with Gasteiger partial charge in [0, 0.05) is 42.7 Å². The molecular formula is C36H39F3N2O5. The number of aliphatic hydroxyl groups is 1. The van der Waals surface area contributed by atoms with E-state index in [4.69, 9.17) is 4.74 Å². The molecule has 46 heavy (non-hydrogen) atoms. The first-order chi connectivity index (χ1) is 21.9. The Hall–Kier alpha value is -4.02. The number of phenols is 1. The van der Waals surface area contributed by atoms with Gasteiger partial charge in [0.25, 0.3) is 0 Å². The van der Waals surface area contributed by atoms with Gasteiger partial charge in [-0.25, -0.2) is 0 Å². The minimum absolute atomic E-state index is 0.0224. The van der Waals surface area contributed by atoms with E-state index in [1.54, 1.807) is 24.1 Å². The Kier molecular flexibility index (Phi) is 8.54. The summed E-state index contributed by atoms with van der Waals surface area (Å²) in [5.74, 6) is -0.263. The maximum Gasteiger partial charge on any atom is 0.573 e. The van der Waals surface area contributed by atoms with Crippen molar-refractivity contribution < 1.29 is 37.7 Å². The van der Waals surface area contributed by atoms with E-state index in [1.165, 1.54) is 43.0 Å². The molecule has 4 atom stereocenters. The fourth-order valence-electron chi connectivity index (χ4n) is 8.16. The van der Waals surface area contributed by atoms with E-state index in [-0.39, 0.29) is 29.5 Å². The topological polar surface area (TPSA) is 82.5 Å². The summed E-state index contributed by atoms with van der Waals surface area (Å²) in [4.78, 5) is 17.5. The molecule has 0 radical (unpaired) electrons. The number of likely N-dealkylation sites (tertiary alicyclic amines) is 1.